The Hall–Kier alpha value is -0.120. The molecule has 1 saturated heterocycles. The molecule has 1 saturated carbocycles. The molecule has 1 aliphatic carbocycles. The van der Waals surface area contributed by atoms with Crippen LogP contribution in [-0.2, 0) is 0 Å². The molecule has 0 aromatic heterocycles. The molecule has 20 heavy (non-hydrogen) atoms. The maximum absolute atomic E-state index is 5.99. The summed E-state index contributed by atoms with van der Waals surface area (Å²) in [6, 6.07) is 0.429. The second kappa shape index (κ2) is 7.24. The van der Waals surface area contributed by atoms with Gasteiger partial charge in [-0.25, -0.2) is 0 Å². The Balaban J connectivity index is 1.99. The average molecular weight is 281 g/mol. The number of piperidine rings is 1. The van der Waals surface area contributed by atoms with Crippen molar-refractivity contribution in [3.05, 3.63) is 0 Å². The van der Waals surface area contributed by atoms with Crippen LogP contribution >= 0.6 is 0 Å². The largest absolute Gasteiger partial charge is 0.297 e. The van der Waals surface area contributed by atoms with E-state index < -0.39 is 0 Å². The van der Waals surface area contributed by atoms with Gasteiger partial charge in [0, 0.05) is 11.6 Å². The van der Waals surface area contributed by atoms with Crippen molar-refractivity contribution in [1.29, 1.82) is 0 Å². The van der Waals surface area contributed by atoms with Crippen molar-refractivity contribution >= 4 is 0 Å². The first-order valence-corrected chi connectivity index (χ1v) is 8.80. The Morgan fingerprint density at radius 1 is 1.10 bits per heavy atom. The molecule has 0 amide bonds. The molecule has 3 heteroatoms. The Labute approximate surface area is 125 Å². The zero-order valence-electron chi connectivity index (χ0n) is 13.8. The maximum atomic E-state index is 5.99. The second-order valence-electron chi connectivity index (χ2n) is 7.53. The predicted octanol–water partition coefficient (Wildman–Crippen LogP) is 3.30. The summed E-state index contributed by atoms with van der Waals surface area (Å²) in [6.45, 7) is 9.62. The van der Waals surface area contributed by atoms with Gasteiger partial charge in [-0.15, -0.1) is 0 Å². The molecule has 1 unspecified atom stereocenters. The summed E-state index contributed by atoms with van der Waals surface area (Å²) in [7, 11) is 0. The first-order valence-electron chi connectivity index (χ1n) is 8.80. The Bertz CT molecular complexity index is 276. The summed E-state index contributed by atoms with van der Waals surface area (Å²) < 4.78 is 0. The molecule has 0 bridgehead atoms. The third-order valence-electron chi connectivity index (χ3n) is 6.05. The number of likely N-dealkylation sites (tertiary alicyclic amines) is 1. The molecule has 0 radical (unpaired) electrons. The zero-order valence-corrected chi connectivity index (χ0v) is 13.8. The van der Waals surface area contributed by atoms with Gasteiger partial charge in [0.15, 0.2) is 0 Å². The van der Waals surface area contributed by atoms with Crippen molar-refractivity contribution in [1.82, 2.24) is 10.3 Å². The normalized spacial score (nSPS) is 31.2. The zero-order chi connectivity index (χ0) is 14.6. The van der Waals surface area contributed by atoms with E-state index >= 15 is 0 Å². The molecule has 2 aliphatic rings. The summed E-state index contributed by atoms with van der Waals surface area (Å²) >= 11 is 0. The average Bonchev–Trinajstić information content (AvgIpc) is 2.49. The molecule has 1 atom stereocenters. The molecule has 0 aromatic rings. The lowest BCUT2D eigenvalue weighted by atomic mass is 9.72. The molecule has 3 nitrogen and oxygen atoms in total. The fourth-order valence-electron chi connectivity index (χ4n) is 4.51. The van der Waals surface area contributed by atoms with Crippen LogP contribution < -0.4 is 11.3 Å². The number of nitrogens with two attached hydrogens (primary N) is 1. The molecule has 0 spiro atoms. The highest BCUT2D eigenvalue weighted by Gasteiger charge is 2.40. The minimum absolute atomic E-state index is 0.179. The van der Waals surface area contributed by atoms with E-state index in [1.54, 1.807) is 0 Å². The van der Waals surface area contributed by atoms with Crippen molar-refractivity contribution < 1.29 is 0 Å². The highest BCUT2D eigenvalue weighted by molar-refractivity contribution is 4.98. The molecule has 1 aliphatic heterocycles. The van der Waals surface area contributed by atoms with Crippen LogP contribution in [0, 0.1) is 11.8 Å². The van der Waals surface area contributed by atoms with Crippen molar-refractivity contribution in [3.8, 4) is 0 Å². The van der Waals surface area contributed by atoms with Gasteiger partial charge in [-0.1, -0.05) is 32.6 Å². The van der Waals surface area contributed by atoms with E-state index in [9.17, 15) is 0 Å². The number of hydrazine groups is 1. The quantitative estimate of drug-likeness (QED) is 0.600. The van der Waals surface area contributed by atoms with Gasteiger partial charge in [-0.3, -0.25) is 16.2 Å². The highest BCUT2D eigenvalue weighted by Crippen LogP contribution is 2.37. The summed E-state index contributed by atoms with van der Waals surface area (Å²) in [5.41, 5.74) is 3.38. The van der Waals surface area contributed by atoms with Gasteiger partial charge < -0.3 is 0 Å². The Kier molecular flexibility index (Phi) is 5.88. The monoisotopic (exact) mass is 281 g/mol. The molecule has 2 rings (SSSR count). The third kappa shape index (κ3) is 3.55. The van der Waals surface area contributed by atoms with Gasteiger partial charge in [0.25, 0.3) is 0 Å². The fraction of sp³-hybridized carbons (Fsp3) is 1.00. The van der Waals surface area contributed by atoms with Gasteiger partial charge in [0.1, 0.15) is 0 Å². The van der Waals surface area contributed by atoms with Gasteiger partial charge >= 0.3 is 0 Å². The summed E-state index contributed by atoms with van der Waals surface area (Å²) in [5, 5.41) is 0. The lowest BCUT2D eigenvalue weighted by Crippen LogP contribution is -2.63. The lowest BCUT2D eigenvalue weighted by Gasteiger charge is -2.49. The van der Waals surface area contributed by atoms with E-state index in [2.05, 4.69) is 31.1 Å². The van der Waals surface area contributed by atoms with Crippen LogP contribution in [0.2, 0.25) is 0 Å². The van der Waals surface area contributed by atoms with E-state index in [0.29, 0.717) is 6.04 Å². The summed E-state index contributed by atoms with van der Waals surface area (Å²) in [4.78, 5) is 2.67. The number of hydrogen-bond donors (Lipinski definition) is 2. The van der Waals surface area contributed by atoms with Crippen LogP contribution in [-0.4, -0.2) is 29.6 Å². The fourth-order valence-corrected chi connectivity index (χ4v) is 4.51. The highest BCUT2D eigenvalue weighted by atomic mass is 15.3. The second-order valence-corrected chi connectivity index (χ2v) is 7.53. The van der Waals surface area contributed by atoms with Crippen LogP contribution in [0.15, 0.2) is 0 Å². The van der Waals surface area contributed by atoms with Gasteiger partial charge in [-0.05, 0) is 64.5 Å². The van der Waals surface area contributed by atoms with Crippen LogP contribution in [0.3, 0.4) is 0 Å². The van der Waals surface area contributed by atoms with E-state index in [1.165, 1.54) is 64.5 Å². The molecule has 1 heterocycles. The van der Waals surface area contributed by atoms with Crippen LogP contribution in [0.5, 0.6) is 0 Å². The van der Waals surface area contributed by atoms with Crippen molar-refractivity contribution in [3.63, 3.8) is 0 Å². The van der Waals surface area contributed by atoms with Crippen LogP contribution in [0.25, 0.3) is 0 Å². The van der Waals surface area contributed by atoms with E-state index in [1.807, 2.05) is 0 Å². The Morgan fingerprint density at radius 2 is 1.70 bits per heavy atom. The predicted molar refractivity (Wildman–Crippen MR) is 86.4 cm³/mol. The molecule has 2 fully saturated rings. The van der Waals surface area contributed by atoms with E-state index in [-0.39, 0.29) is 5.54 Å². The van der Waals surface area contributed by atoms with Crippen molar-refractivity contribution in [2.24, 2.45) is 17.7 Å². The van der Waals surface area contributed by atoms with Gasteiger partial charge in [0.05, 0.1) is 0 Å². The minimum Gasteiger partial charge on any atom is -0.297 e. The first kappa shape index (κ1) is 16.3. The number of nitrogens with zero attached hydrogens (tertiary/aromatic N) is 1. The molecular formula is C17H35N3. The number of rotatable bonds is 5. The third-order valence-corrected chi connectivity index (χ3v) is 6.05. The van der Waals surface area contributed by atoms with Crippen LogP contribution in [0.1, 0.15) is 72.1 Å². The smallest absolute Gasteiger partial charge is 0.0417 e. The van der Waals surface area contributed by atoms with E-state index in [0.717, 1.165) is 11.8 Å². The van der Waals surface area contributed by atoms with Crippen LogP contribution in [0.4, 0.5) is 0 Å². The minimum atomic E-state index is 0.179. The van der Waals surface area contributed by atoms with Gasteiger partial charge in [-0.2, -0.15) is 0 Å². The standard InChI is InChI=1S/C17H35N3/c1-4-14-8-10-15(11-9-14)16(19-18)17(2,3)20-12-6-5-7-13-20/h14-16,19H,4-13,18H2,1-3H3. The topological polar surface area (TPSA) is 41.3 Å². The lowest BCUT2D eigenvalue weighted by molar-refractivity contribution is 0.0284. The maximum Gasteiger partial charge on any atom is 0.0417 e. The molecule has 0 aromatic carbocycles. The molecular weight excluding hydrogens is 246 g/mol. The Morgan fingerprint density at radius 3 is 2.20 bits per heavy atom. The van der Waals surface area contributed by atoms with Crippen molar-refractivity contribution in [2.45, 2.75) is 83.7 Å². The SMILES string of the molecule is CCC1CCC(C(NN)C(C)(C)N2CCCCC2)CC1. The number of hydrogen-bond acceptors (Lipinski definition) is 3. The first-order chi connectivity index (χ1) is 9.59. The molecule has 3 N–H and O–H groups in total. The number of nitrogens with one attached hydrogen (secondary N) is 1. The van der Waals surface area contributed by atoms with E-state index in [4.69, 9.17) is 5.84 Å². The van der Waals surface area contributed by atoms with Crippen molar-refractivity contribution in [2.75, 3.05) is 13.1 Å². The molecule has 118 valence electrons. The summed E-state index contributed by atoms with van der Waals surface area (Å²) in [6.07, 6.45) is 10.9. The summed E-state index contributed by atoms with van der Waals surface area (Å²) in [5.74, 6) is 7.70. The van der Waals surface area contributed by atoms with Gasteiger partial charge in [0.2, 0.25) is 0 Å².